The molecule has 0 bridgehead atoms. The van der Waals surface area contributed by atoms with Crippen LogP contribution in [0.2, 0.25) is 0 Å². The molecule has 0 spiro atoms. The van der Waals surface area contributed by atoms with Crippen molar-refractivity contribution in [1.29, 1.82) is 0 Å². The summed E-state index contributed by atoms with van der Waals surface area (Å²) < 4.78 is 0. The standard InChI is InChI=1S/C10H21N/c1-7(2)8(3)9(4)10(5)11-6/h7,10-11H,1-6H3/b9-8+. The third kappa shape index (κ3) is 3.06. The average Bonchev–Trinajstić information content (AvgIpc) is 2.00. The van der Waals surface area contributed by atoms with Crippen LogP contribution in [0.4, 0.5) is 0 Å². The monoisotopic (exact) mass is 155 g/mol. The van der Waals surface area contributed by atoms with Crippen LogP contribution < -0.4 is 5.32 Å². The first-order chi connectivity index (χ1) is 5.00. The number of hydrogen-bond donors (Lipinski definition) is 1. The Bertz CT molecular complexity index is 145. The summed E-state index contributed by atoms with van der Waals surface area (Å²) in [5.74, 6) is 0.672. The maximum absolute atomic E-state index is 3.24. The summed E-state index contributed by atoms with van der Waals surface area (Å²) in [5, 5.41) is 3.24. The normalized spacial score (nSPS) is 16.6. The van der Waals surface area contributed by atoms with Crippen LogP contribution in [0.15, 0.2) is 11.1 Å². The van der Waals surface area contributed by atoms with Gasteiger partial charge in [0, 0.05) is 6.04 Å². The molecule has 0 aromatic rings. The van der Waals surface area contributed by atoms with Crippen LogP contribution in [0, 0.1) is 5.92 Å². The highest BCUT2D eigenvalue weighted by atomic mass is 14.9. The lowest BCUT2D eigenvalue weighted by atomic mass is 9.96. The van der Waals surface area contributed by atoms with Gasteiger partial charge >= 0.3 is 0 Å². The molecule has 0 aliphatic rings. The van der Waals surface area contributed by atoms with E-state index >= 15 is 0 Å². The first-order valence-corrected chi connectivity index (χ1v) is 4.35. The molecule has 66 valence electrons. The Morgan fingerprint density at radius 2 is 1.45 bits per heavy atom. The molecule has 1 N–H and O–H groups in total. The molecule has 0 aliphatic carbocycles. The lowest BCUT2D eigenvalue weighted by molar-refractivity contribution is 0.657. The summed E-state index contributed by atoms with van der Waals surface area (Å²) in [7, 11) is 2.00. The predicted octanol–water partition coefficient (Wildman–Crippen LogP) is 2.59. The molecular weight excluding hydrogens is 134 g/mol. The van der Waals surface area contributed by atoms with E-state index in [4.69, 9.17) is 0 Å². The van der Waals surface area contributed by atoms with Gasteiger partial charge in [-0.25, -0.2) is 0 Å². The van der Waals surface area contributed by atoms with Crippen molar-refractivity contribution in [3.63, 3.8) is 0 Å². The predicted molar refractivity (Wildman–Crippen MR) is 51.7 cm³/mol. The van der Waals surface area contributed by atoms with Crippen molar-refractivity contribution < 1.29 is 0 Å². The van der Waals surface area contributed by atoms with Crippen LogP contribution in [0.1, 0.15) is 34.6 Å². The van der Waals surface area contributed by atoms with Gasteiger partial charge in [0.1, 0.15) is 0 Å². The zero-order valence-corrected chi connectivity index (χ0v) is 8.65. The molecule has 0 fully saturated rings. The van der Waals surface area contributed by atoms with E-state index in [0.29, 0.717) is 12.0 Å². The summed E-state index contributed by atoms with van der Waals surface area (Å²) in [4.78, 5) is 0. The van der Waals surface area contributed by atoms with Crippen molar-refractivity contribution in [2.24, 2.45) is 5.92 Å². The Labute approximate surface area is 70.9 Å². The quantitative estimate of drug-likeness (QED) is 0.618. The molecule has 0 saturated heterocycles. The minimum absolute atomic E-state index is 0.511. The lowest BCUT2D eigenvalue weighted by Crippen LogP contribution is -2.23. The molecule has 0 heterocycles. The summed E-state index contributed by atoms with van der Waals surface area (Å²) >= 11 is 0. The minimum atomic E-state index is 0.511. The zero-order valence-electron chi connectivity index (χ0n) is 8.65. The highest BCUT2D eigenvalue weighted by Crippen LogP contribution is 2.15. The molecule has 0 rings (SSSR count). The molecule has 0 amide bonds. The molecule has 0 aromatic heterocycles. The van der Waals surface area contributed by atoms with Crippen molar-refractivity contribution >= 4 is 0 Å². The van der Waals surface area contributed by atoms with Crippen LogP contribution in [-0.4, -0.2) is 13.1 Å². The van der Waals surface area contributed by atoms with E-state index < -0.39 is 0 Å². The fourth-order valence-corrected chi connectivity index (χ4v) is 1.01. The third-order valence-corrected chi connectivity index (χ3v) is 2.57. The molecule has 1 atom stereocenters. The van der Waals surface area contributed by atoms with Crippen LogP contribution in [0.3, 0.4) is 0 Å². The van der Waals surface area contributed by atoms with Gasteiger partial charge < -0.3 is 5.32 Å². The molecule has 1 heteroatoms. The molecule has 0 aromatic carbocycles. The van der Waals surface area contributed by atoms with Gasteiger partial charge in [-0.2, -0.15) is 0 Å². The van der Waals surface area contributed by atoms with Crippen molar-refractivity contribution in [2.45, 2.75) is 40.7 Å². The molecule has 1 nitrogen and oxygen atoms in total. The van der Waals surface area contributed by atoms with Crippen molar-refractivity contribution in [3.8, 4) is 0 Å². The second kappa shape index (κ2) is 4.55. The number of nitrogens with one attached hydrogen (secondary N) is 1. The molecular formula is C10H21N. The zero-order chi connectivity index (χ0) is 9.02. The summed E-state index contributed by atoms with van der Waals surface area (Å²) in [6.45, 7) is 11.1. The second-order valence-electron chi connectivity index (χ2n) is 3.53. The first kappa shape index (κ1) is 10.7. The summed E-state index contributed by atoms with van der Waals surface area (Å²) in [5.41, 5.74) is 2.98. The third-order valence-electron chi connectivity index (χ3n) is 2.57. The molecule has 1 unspecified atom stereocenters. The van der Waals surface area contributed by atoms with Crippen LogP contribution in [0.25, 0.3) is 0 Å². The largest absolute Gasteiger partial charge is 0.314 e. The number of likely N-dealkylation sites (N-methyl/N-ethyl adjacent to an activating group) is 1. The Morgan fingerprint density at radius 1 is 1.00 bits per heavy atom. The highest BCUT2D eigenvalue weighted by Gasteiger charge is 2.06. The van der Waals surface area contributed by atoms with Gasteiger partial charge in [0.25, 0.3) is 0 Å². The van der Waals surface area contributed by atoms with Crippen LogP contribution in [-0.2, 0) is 0 Å². The van der Waals surface area contributed by atoms with E-state index in [-0.39, 0.29) is 0 Å². The van der Waals surface area contributed by atoms with Crippen molar-refractivity contribution in [1.82, 2.24) is 5.32 Å². The molecule has 11 heavy (non-hydrogen) atoms. The van der Waals surface area contributed by atoms with Crippen LogP contribution >= 0.6 is 0 Å². The van der Waals surface area contributed by atoms with Gasteiger partial charge in [0.2, 0.25) is 0 Å². The second-order valence-corrected chi connectivity index (χ2v) is 3.53. The fourth-order valence-electron chi connectivity index (χ4n) is 1.01. The van der Waals surface area contributed by atoms with Gasteiger partial charge in [-0.15, -0.1) is 0 Å². The van der Waals surface area contributed by atoms with E-state index in [9.17, 15) is 0 Å². The Balaban J connectivity index is 4.38. The Morgan fingerprint density at radius 3 is 1.73 bits per heavy atom. The number of hydrogen-bond acceptors (Lipinski definition) is 1. The Hall–Kier alpha value is -0.300. The first-order valence-electron chi connectivity index (χ1n) is 4.35. The number of allylic oxidation sites excluding steroid dienone is 1. The van der Waals surface area contributed by atoms with Gasteiger partial charge in [-0.1, -0.05) is 25.0 Å². The molecule has 0 radical (unpaired) electrons. The fraction of sp³-hybridized carbons (Fsp3) is 0.800. The van der Waals surface area contributed by atoms with E-state index in [0.717, 1.165) is 0 Å². The lowest BCUT2D eigenvalue weighted by Gasteiger charge is -2.17. The van der Waals surface area contributed by atoms with E-state index in [1.165, 1.54) is 11.1 Å². The maximum Gasteiger partial charge on any atom is 0.0248 e. The van der Waals surface area contributed by atoms with Gasteiger partial charge in [0.05, 0.1) is 0 Å². The molecule has 0 saturated carbocycles. The highest BCUT2D eigenvalue weighted by molar-refractivity contribution is 5.16. The summed E-state index contributed by atoms with van der Waals surface area (Å²) in [6, 6.07) is 0.511. The smallest absolute Gasteiger partial charge is 0.0248 e. The average molecular weight is 155 g/mol. The SMILES string of the molecule is CNC(C)/C(C)=C(\C)C(C)C. The van der Waals surface area contributed by atoms with Gasteiger partial charge in [0.15, 0.2) is 0 Å². The van der Waals surface area contributed by atoms with Gasteiger partial charge in [-0.05, 0) is 33.7 Å². The van der Waals surface area contributed by atoms with E-state index in [2.05, 4.69) is 39.9 Å². The van der Waals surface area contributed by atoms with Crippen LogP contribution in [0.5, 0.6) is 0 Å². The topological polar surface area (TPSA) is 12.0 Å². The Kier molecular flexibility index (Phi) is 4.43. The van der Waals surface area contributed by atoms with Gasteiger partial charge in [-0.3, -0.25) is 0 Å². The van der Waals surface area contributed by atoms with E-state index in [1.807, 2.05) is 7.05 Å². The van der Waals surface area contributed by atoms with E-state index in [1.54, 1.807) is 0 Å². The summed E-state index contributed by atoms with van der Waals surface area (Å²) in [6.07, 6.45) is 0. The maximum atomic E-state index is 3.24. The molecule has 0 aliphatic heterocycles. The van der Waals surface area contributed by atoms with Crippen molar-refractivity contribution in [2.75, 3.05) is 7.05 Å². The number of rotatable bonds is 3. The minimum Gasteiger partial charge on any atom is -0.314 e. The van der Waals surface area contributed by atoms with Crippen molar-refractivity contribution in [3.05, 3.63) is 11.1 Å².